The maximum Gasteiger partial charge on any atom is 0.252 e. The van der Waals surface area contributed by atoms with Gasteiger partial charge in [-0.25, -0.2) is 9.37 Å². The average Bonchev–Trinajstić information content (AvgIpc) is 3.32. The number of hydrogen-bond donors (Lipinski definition) is 1. The average molecular weight is 387 g/mol. The second-order valence-electron chi connectivity index (χ2n) is 7.17. The number of hydrogen-bond acceptors (Lipinski definition) is 7. The van der Waals surface area contributed by atoms with Gasteiger partial charge >= 0.3 is 0 Å². The lowest BCUT2D eigenvalue weighted by atomic mass is 10.1. The summed E-state index contributed by atoms with van der Waals surface area (Å²) in [6, 6.07) is 1.61. The van der Waals surface area contributed by atoms with Crippen LogP contribution in [0.25, 0.3) is 11.0 Å². The third kappa shape index (κ3) is 3.59. The molecule has 0 unspecified atom stereocenters. The number of amides is 1. The number of pyridine rings is 1. The first kappa shape index (κ1) is 18.5. The Labute approximate surface area is 160 Å². The highest BCUT2D eigenvalue weighted by atomic mass is 19.1. The molecule has 148 valence electrons. The lowest BCUT2D eigenvalue weighted by Gasteiger charge is -2.22. The molecule has 0 aliphatic carbocycles. The monoisotopic (exact) mass is 387 g/mol. The van der Waals surface area contributed by atoms with Crippen LogP contribution < -0.4 is 5.32 Å². The molecule has 0 spiro atoms. The lowest BCUT2D eigenvalue weighted by molar-refractivity contribution is 0.0941. The van der Waals surface area contributed by atoms with Crippen LogP contribution in [0.4, 0.5) is 4.39 Å². The van der Waals surface area contributed by atoms with E-state index in [1.54, 1.807) is 30.9 Å². The summed E-state index contributed by atoms with van der Waals surface area (Å²) in [5.41, 5.74) is 1.91. The van der Waals surface area contributed by atoms with Crippen molar-refractivity contribution in [3.05, 3.63) is 35.2 Å². The van der Waals surface area contributed by atoms with Gasteiger partial charge in [0.1, 0.15) is 6.17 Å². The van der Waals surface area contributed by atoms with E-state index in [1.807, 2.05) is 11.8 Å². The second kappa shape index (κ2) is 7.27. The van der Waals surface area contributed by atoms with Gasteiger partial charge in [0.15, 0.2) is 11.5 Å². The Morgan fingerprint density at radius 1 is 1.39 bits per heavy atom. The maximum absolute atomic E-state index is 14.0. The van der Waals surface area contributed by atoms with Crippen molar-refractivity contribution < 1.29 is 13.7 Å². The number of carbonyl (C=O) groups is 1. The molecule has 0 radical (unpaired) electrons. The van der Waals surface area contributed by atoms with E-state index >= 15 is 0 Å². The van der Waals surface area contributed by atoms with Gasteiger partial charge in [-0.05, 0) is 19.4 Å². The first-order valence-corrected chi connectivity index (χ1v) is 9.15. The Balaban J connectivity index is 1.46. The molecule has 2 atom stereocenters. The van der Waals surface area contributed by atoms with Crippen LogP contribution in [0.3, 0.4) is 0 Å². The lowest BCUT2D eigenvalue weighted by Crippen LogP contribution is -2.40. The fraction of sp³-hybridized carbons (Fsp3) is 0.500. The molecule has 3 aromatic rings. The zero-order valence-corrected chi connectivity index (χ0v) is 16.0. The van der Waals surface area contributed by atoms with Crippen molar-refractivity contribution in [2.24, 2.45) is 7.05 Å². The number of fused-ring (bicyclic) bond motifs is 1. The largest absolute Gasteiger partial charge is 0.350 e. The molecule has 1 aliphatic heterocycles. The number of alkyl halides is 1. The molecule has 0 saturated carbocycles. The number of aromatic nitrogens is 5. The minimum Gasteiger partial charge on any atom is -0.350 e. The van der Waals surface area contributed by atoms with Crippen LogP contribution in [0.15, 0.2) is 16.8 Å². The molecule has 1 saturated heterocycles. The van der Waals surface area contributed by atoms with Crippen LogP contribution in [0.5, 0.6) is 0 Å². The third-order valence-electron chi connectivity index (χ3n) is 4.97. The van der Waals surface area contributed by atoms with Gasteiger partial charge in [-0.15, -0.1) is 0 Å². The topological polar surface area (TPSA) is 102 Å². The number of rotatable bonds is 5. The van der Waals surface area contributed by atoms with Crippen LogP contribution in [-0.4, -0.2) is 61.0 Å². The highest BCUT2D eigenvalue weighted by molar-refractivity contribution is 6.05. The second-order valence-corrected chi connectivity index (χ2v) is 7.17. The smallest absolute Gasteiger partial charge is 0.252 e. The third-order valence-corrected chi connectivity index (χ3v) is 4.97. The summed E-state index contributed by atoms with van der Waals surface area (Å²) in [7, 11) is 1.79. The minimum atomic E-state index is -0.942. The standard InChI is InChI=1S/C18H22FN7O2/c1-10-4-14(15-7-21-25(3)17(15)22-10)18(27)20-6-13-5-12(19)8-26(13)9-16-23-11(2)28-24-16/h4,7,12-13H,5-6,8-9H2,1-3H3,(H,20,27)/t12-,13-/m0/s1. The minimum absolute atomic E-state index is 0.134. The van der Waals surface area contributed by atoms with Gasteiger partial charge in [-0.2, -0.15) is 10.1 Å². The molecule has 1 N–H and O–H groups in total. The van der Waals surface area contributed by atoms with Crippen LogP contribution >= 0.6 is 0 Å². The number of nitrogens with one attached hydrogen (secondary N) is 1. The van der Waals surface area contributed by atoms with Gasteiger partial charge in [0.05, 0.1) is 23.7 Å². The maximum atomic E-state index is 14.0. The van der Waals surface area contributed by atoms with Crippen molar-refractivity contribution in [3.63, 3.8) is 0 Å². The Kier molecular flexibility index (Phi) is 4.80. The fourth-order valence-electron chi connectivity index (χ4n) is 3.65. The number of nitrogens with zero attached hydrogens (tertiary/aromatic N) is 6. The van der Waals surface area contributed by atoms with Gasteiger partial charge in [-0.1, -0.05) is 5.16 Å². The summed E-state index contributed by atoms with van der Waals surface area (Å²) < 4.78 is 20.6. The number of aryl methyl sites for hydroxylation is 3. The molecular weight excluding hydrogens is 365 g/mol. The molecule has 1 aliphatic rings. The highest BCUT2D eigenvalue weighted by Gasteiger charge is 2.33. The molecule has 1 amide bonds. The first-order valence-electron chi connectivity index (χ1n) is 9.15. The molecule has 4 heterocycles. The zero-order valence-electron chi connectivity index (χ0n) is 16.0. The van der Waals surface area contributed by atoms with Crippen LogP contribution in [0.1, 0.15) is 34.2 Å². The molecule has 10 heteroatoms. The van der Waals surface area contributed by atoms with E-state index < -0.39 is 6.17 Å². The van der Waals surface area contributed by atoms with E-state index in [4.69, 9.17) is 4.52 Å². The predicted octanol–water partition coefficient (Wildman–Crippen LogP) is 1.31. The molecule has 1 fully saturated rings. The van der Waals surface area contributed by atoms with Gasteiger partial charge in [0.25, 0.3) is 5.91 Å². The summed E-state index contributed by atoms with van der Waals surface area (Å²) in [5.74, 6) is 0.773. The number of likely N-dealkylation sites (tertiary alicyclic amines) is 1. The summed E-state index contributed by atoms with van der Waals surface area (Å²) in [4.78, 5) is 23.3. The first-order chi connectivity index (χ1) is 13.4. The Morgan fingerprint density at radius 3 is 2.96 bits per heavy atom. The van der Waals surface area contributed by atoms with E-state index in [-0.39, 0.29) is 18.5 Å². The Hall–Kier alpha value is -2.88. The normalized spacial score (nSPS) is 20.1. The van der Waals surface area contributed by atoms with Gasteiger partial charge in [0.2, 0.25) is 5.89 Å². The number of carbonyl (C=O) groups excluding carboxylic acids is 1. The summed E-state index contributed by atoms with van der Waals surface area (Å²) >= 11 is 0. The Bertz CT molecular complexity index is 1010. The van der Waals surface area contributed by atoms with E-state index in [2.05, 4.69) is 25.5 Å². The van der Waals surface area contributed by atoms with Crippen LogP contribution in [0.2, 0.25) is 0 Å². The summed E-state index contributed by atoms with van der Waals surface area (Å²) in [5, 5.41) is 11.7. The predicted molar refractivity (Wildman–Crippen MR) is 98.3 cm³/mol. The van der Waals surface area contributed by atoms with Gasteiger partial charge < -0.3 is 9.84 Å². The van der Waals surface area contributed by atoms with E-state index in [0.29, 0.717) is 47.8 Å². The van der Waals surface area contributed by atoms with Crippen molar-refractivity contribution in [1.29, 1.82) is 0 Å². The summed E-state index contributed by atoms with van der Waals surface area (Å²) in [6.07, 6.45) is 1.05. The van der Waals surface area contributed by atoms with Crippen LogP contribution in [0, 0.1) is 13.8 Å². The van der Waals surface area contributed by atoms with E-state index in [1.165, 1.54) is 0 Å². The molecule has 3 aromatic heterocycles. The Morgan fingerprint density at radius 2 is 2.21 bits per heavy atom. The van der Waals surface area contributed by atoms with Crippen molar-refractivity contribution in [1.82, 2.24) is 35.1 Å². The highest BCUT2D eigenvalue weighted by Crippen LogP contribution is 2.22. The van der Waals surface area contributed by atoms with Crippen molar-refractivity contribution in [3.8, 4) is 0 Å². The van der Waals surface area contributed by atoms with Gasteiger partial charge in [-0.3, -0.25) is 14.4 Å². The van der Waals surface area contributed by atoms with Gasteiger partial charge in [0, 0.05) is 38.8 Å². The van der Waals surface area contributed by atoms with E-state index in [9.17, 15) is 9.18 Å². The molecular formula is C18H22FN7O2. The SMILES string of the molecule is Cc1cc(C(=O)NC[C@@H]2C[C@H](F)CN2Cc2noc(C)n2)c2cnn(C)c2n1. The van der Waals surface area contributed by atoms with E-state index in [0.717, 1.165) is 5.69 Å². The number of halogens is 1. The van der Waals surface area contributed by atoms with Crippen molar-refractivity contribution in [2.45, 2.75) is 39.0 Å². The quantitative estimate of drug-likeness (QED) is 0.704. The molecule has 0 bridgehead atoms. The molecule has 4 rings (SSSR count). The zero-order chi connectivity index (χ0) is 19.8. The van der Waals surface area contributed by atoms with Crippen molar-refractivity contribution in [2.75, 3.05) is 13.1 Å². The van der Waals surface area contributed by atoms with Crippen LogP contribution in [-0.2, 0) is 13.6 Å². The fourth-order valence-corrected chi connectivity index (χ4v) is 3.65. The molecule has 0 aromatic carbocycles. The summed E-state index contributed by atoms with van der Waals surface area (Å²) in [6.45, 7) is 4.56. The van der Waals surface area contributed by atoms with Crippen molar-refractivity contribution >= 4 is 16.9 Å². The molecule has 28 heavy (non-hydrogen) atoms. The molecule has 9 nitrogen and oxygen atoms in total.